The highest BCUT2D eigenvalue weighted by molar-refractivity contribution is 9.10. The molecule has 98 valence electrons. The number of nitrogens with two attached hydrogens (primary N) is 1. The van der Waals surface area contributed by atoms with Crippen LogP contribution in [0.2, 0.25) is 0 Å². The van der Waals surface area contributed by atoms with Gasteiger partial charge in [0.15, 0.2) is 0 Å². The average Bonchev–Trinajstić information content (AvgIpc) is 2.34. The minimum Gasteiger partial charge on any atom is -0.389 e. The summed E-state index contributed by atoms with van der Waals surface area (Å²) in [5.74, 6) is 0. The summed E-state index contributed by atoms with van der Waals surface area (Å²) < 4.78 is 1.06. The zero-order valence-electron chi connectivity index (χ0n) is 10.8. The molecule has 0 amide bonds. The highest BCUT2D eigenvalue weighted by Gasteiger charge is 2.09. The fourth-order valence-corrected chi connectivity index (χ4v) is 2.59. The van der Waals surface area contributed by atoms with E-state index in [1.54, 1.807) is 0 Å². The Labute approximate surface area is 127 Å². The largest absolute Gasteiger partial charge is 0.389 e. The molecule has 0 spiro atoms. The first-order chi connectivity index (χ1) is 8.99. The normalized spacial score (nSPS) is 10.3. The Morgan fingerprint density at radius 2 is 1.89 bits per heavy atom. The van der Waals surface area contributed by atoms with E-state index in [4.69, 9.17) is 18.0 Å². The molecule has 0 saturated heterocycles. The van der Waals surface area contributed by atoms with E-state index in [1.807, 2.05) is 37.3 Å². The lowest BCUT2D eigenvalue weighted by Gasteiger charge is -2.16. The molecule has 0 aliphatic carbocycles. The Balaban J connectivity index is 2.46. The number of para-hydroxylation sites is 1. The van der Waals surface area contributed by atoms with Crippen LogP contribution in [0, 0.1) is 13.8 Å². The molecule has 0 bridgehead atoms. The van der Waals surface area contributed by atoms with Gasteiger partial charge < -0.3 is 11.1 Å². The highest BCUT2D eigenvalue weighted by atomic mass is 79.9. The minimum absolute atomic E-state index is 0.404. The standard InChI is InChI=1S/C15H15BrN2S/c1-9-4-3-5-12(15(17)19)14(9)18-13-7-6-11(16)8-10(13)2/h3-8,18H,1-2H3,(H2,17,19). The van der Waals surface area contributed by atoms with E-state index >= 15 is 0 Å². The molecule has 3 N–H and O–H groups in total. The van der Waals surface area contributed by atoms with Gasteiger partial charge in [0.05, 0.1) is 5.69 Å². The monoisotopic (exact) mass is 334 g/mol. The highest BCUT2D eigenvalue weighted by Crippen LogP contribution is 2.28. The van der Waals surface area contributed by atoms with Gasteiger partial charge in [-0.2, -0.15) is 0 Å². The molecule has 0 heterocycles. The predicted molar refractivity (Wildman–Crippen MR) is 89.2 cm³/mol. The van der Waals surface area contributed by atoms with E-state index in [2.05, 4.69) is 34.2 Å². The molecule has 2 rings (SSSR count). The van der Waals surface area contributed by atoms with E-state index in [9.17, 15) is 0 Å². The summed E-state index contributed by atoms with van der Waals surface area (Å²) in [6.07, 6.45) is 0. The second-order valence-electron chi connectivity index (χ2n) is 4.45. The average molecular weight is 335 g/mol. The van der Waals surface area contributed by atoms with Crippen LogP contribution in [0.1, 0.15) is 16.7 Å². The van der Waals surface area contributed by atoms with E-state index in [1.165, 1.54) is 0 Å². The van der Waals surface area contributed by atoms with E-state index in [-0.39, 0.29) is 0 Å². The second kappa shape index (κ2) is 5.72. The number of hydrogen-bond acceptors (Lipinski definition) is 2. The second-order valence-corrected chi connectivity index (χ2v) is 5.80. The van der Waals surface area contributed by atoms with Gasteiger partial charge in [0, 0.05) is 15.7 Å². The van der Waals surface area contributed by atoms with Crippen molar-refractivity contribution in [3.05, 3.63) is 57.6 Å². The smallest absolute Gasteiger partial charge is 0.106 e. The Kier molecular flexibility index (Phi) is 4.22. The lowest BCUT2D eigenvalue weighted by atomic mass is 10.1. The van der Waals surface area contributed by atoms with Gasteiger partial charge in [-0.15, -0.1) is 0 Å². The first-order valence-electron chi connectivity index (χ1n) is 5.91. The molecule has 0 unspecified atom stereocenters. The number of rotatable bonds is 3. The number of nitrogens with one attached hydrogen (secondary N) is 1. The summed E-state index contributed by atoms with van der Waals surface area (Å²) in [6, 6.07) is 12.1. The van der Waals surface area contributed by atoms with Crippen molar-refractivity contribution < 1.29 is 0 Å². The van der Waals surface area contributed by atoms with Crippen molar-refractivity contribution in [3.63, 3.8) is 0 Å². The molecule has 19 heavy (non-hydrogen) atoms. The SMILES string of the molecule is Cc1cc(Br)ccc1Nc1c(C)cccc1C(N)=S. The Morgan fingerprint density at radius 1 is 1.16 bits per heavy atom. The van der Waals surface area contributed by atoms with Crippen LogP contribution in [-0.2, 0) is 0 Å². The molecule has 2 aromatic carbocycles. The maximum atomic E-state index is 5.78. The summed E-state index contributed by atoms with van der Waals surface area (Å²) in [5.41, 5.74) is 11.0. The molecule has 4 heteroatoms. The third-order valence-corrected chi connectivity index (χ3v) is 3.70. The van der Waals surface area contributed by atoms with Crippen molar-refractivity contribution in [1.29, 1.82) is 0 Å². The van der Waals surface area contributed by atoms with Gasteiger partial charge in [-0.1, -0.05) is 40.3 Å². The zero-order chi connectivity index (χ0) is 14.0. The molecule has 0 aliphatic rings. The van der Waals surface area contributed by atoms with E-state index in [0.717, 1.165) is 32.5 Å². The van der Waals surface area contributed by atoms with Gasteiger partial charge in [-0.05, 0) is 49.2 Å². The molecule has 0 fully saturated rings. The van der Waals surface area contributed by atoms with Gasteiger partial charge in [0.2, 0.25) is 0 Å². The number of aryl methyl sites for hydroxylation is 2. The molecule has 0 aromatic heterocycles. The summed E-state index contributed by atoms with van der Waals surface area (Å²) in [4.78, 5) is 0.404. The van der Waals surface area contributed by atoms with Gasteiger partial charge >= 0.3 is 0 Å². The molecular weight excluding hydrogens is 320 g/mol. The molecule has 2 nitrogen and oxygen atoms in total. The Morgan fingerprint density at radius 3 is 2.53 bits per heavy atom. The lowest BCUT2D eigenvalue weighted by Crippen LogP contribution is -2.12. The molecule has 0 aliphatic heterocycles. The molecule has 0 radical (unpaired) electrons. The van der Waals surface area contributed by atoms with Crippen LogP contribution in [0.25, 0.3) is 0 Å². The first-order valence-corrected chi connectivity index (χ1v) is 7.12. The molecule has 0 saturated carbocycles. The Bertz CT molecular complexity index is 638. The van der Waals surface area contributed by atoms with Crippen molar-refractivity contribution in [2.24, 2.45) is 5.73 Å². The number of hydrogen-bond donors (Lipinski definition) is 2. The van der Waals surface area contributed by atoms with Crippen LogP contribution in [0.15, 0.2) is 40.9 Å². The van der Waals surface area contributed by atoms with Crippen LogP contribution in [0.3, 0.4) is 0 Å². The zero-order valence-corrected chi connectivity index (χ0v) is 13.2. The molecular formula is C15H15BrN2S. The van der Waals surface area contributed by atoms with Crippen LogP contribution in [0.5, 0.6) is 0 Å². The van der Waals surface area contributed by atoms with E-state index < -0.39 is 0 Å². The van der Waals surface area contributed by atoms with Gasteiger partial charge in [0.1, 0.15) is 4.99 Å². The van der Waals surface area contributed by atoms with Crippen molar-refractivity contribution in [2.75, 3.05) is 5.32 Å². The summed E-state index contributed by atoms with van der Waals surface area (Å²) in [5, 5.41) is 3.43. The van der Waals surface area contributed by atoms with Crippen LogP contribution >= 0.6 is 28.1 Å². The molecule has 2 aromatic rings. The first kappa shape index (κ1) is 14.0. The fraction of sp³-hybridized carbons (Fsp3) is 0.133. The third kappa shape index (κ3) is 3.14. The summed E-state index contributed by atoms with van der Waals surface area (Å²) in [7, 11) is 0. The maximum absolute atomic E-state index is 5.78. The quantitative estimate of drug-likeness (QED) is 0.814. The van der Waals surface area contributed by atoms with Gasteiger partial charge in [0.25, 0.3) is 0 Å². The van der Waals surface area contributed by atoms with Crippen molar-refractivity contribution in [1.82, 2.24) is 0 Å². The van der Waals surface area contributed by atoms with Crippen LogP contribution in [0.4, 0.5) is 11.4 Å². The Hall–Kier alpha value is -1.39. The van der Waals surface area contributed by atoms with E-state index in [0.29, 0.717) is 4.99 Å². The number of halogens is 1. The minimum atomic E-state index is 0.404. The summed E-state index contributed by atoms with van der Waals surface area (Å²) >= 11 is 8.57. The van der Waals surface area contributed by atoms with Crippen molar-refractivity contribution >= 4 is 44.5 Å². The van der Waals surface area contributed by atoms with Gasteiger partial charge in [-0.3, -0.25) is 0 Å². The summed E-state index contributed by atoms with van der Waals surface area (Å²) in [6.45, 7) is 4.10. The lowest BCUT2D eigenvalue weighted by molar-refractivity contribution is 1.37. The predicted octanol–water partition coefficient (Wildman–Crippen LogP) is 4.44. The topological polar surface area (TPSA) is 38.0 Å². The number of benzene rings is 2. The maximum Gasteiger partial charge on any atom is 0.106 e. The number of anilines is 2. The van der Waals surface area contributed by atoms with Crippen LogP contribution < -0.4 is 11.1 Å². The fourth-order valence-electron chi connectivity index (χ4n) is 1.94. The number of thiocarbonyl (C=S) groups is 1. The third-order valence-electron chi connectivity index (χ3n) is 2.99. The molecule has 0 atom stereocenters. The van der Waals surface area contributed by atoms with Crippen LogP contribution in [-0.4, -0.2) is 4.99 Å². The van der Waals surface area contributed by atoms with Gasteiger partial charge in [-0.25, -0.2) is 0 Å². The van der Waals surface area contributed by atoms with Crippen molar-refractivity contribution in [2.45, 2.75) is 13.8 Å². The van der Waals surface area contributed by atoms with Crippen molar-refractivity contribution in [3.8, 4) is 0 Å².